The fraction of sp³-hybridized carbons (Fsp3) is 0.571. The number of pyridine rings is 1. The van der Waals surface area contributed by atoms with E-state index in [1.807, 2.05) is 6.92 Å². The molecule has 1 amide bonds. The van der Waals surface area contributed by atoms with Gasteiger partial charge in [0.15, 0.2) is 0 Å². The van der Waals surface area contributed by atoms with Crippen molar-refractivity contribution in [2.24, 2.45) is 5.92 Å². The Labute approximate surface area is 178 Å². The minimum atomic E-state index is -0.157. The Bertz CT molecular complexity index is 849. The number of rotatable bonds is 8. The Morgan fingerprint density at radius 2 is 1.93 bits per heavy atom. The second-order valence-corrected chi connectivity index (χ2v) is 7.98. The molecule has 1 saturated heterocycles. The number of carbonyl (C=O) groups is 1. The lowest BCUT2D eigenvalue weighted by Crippen LogP contribution is -2.45. The smallest absolute Gasteiger partial charge is 0.255 e. The van der Waals surface area contributed by atoms with Crippen molar-refractivity contribution in [3.05, 3.63) is 29.7 Å². The van der Waals surface area contributed by atoms with Crippen LogP contribution in [0.15, 0.2) is 18.3 Å². The standard InChI is InChI=1S/C21H32N8O/c1-5-17-24-20(27-21(25-17)29-13-11-28(4)12-14-29)26-18-16(7-6-9-22-18)19(30)23-10-8-15(2)3/h6-7,9,15H,5,8,10-14H2,1-4H3,(H,23,30)(H,22,24,25,26,27). The third-order valence-electron chi connectivity index (χ3n) is 5.06. The van der Waals surface area contributed by atoms with Crippen molar-refractivity contribution in [3.63, 3.8) is 0 Å². The number of anilines is 3. The molecule has 30 heavy (non-hydrogen) atoms. The number of carbonyl (C=O) groups excluding carboxylic acids is 1. The normalized spacial score (nSPS) is 14.8. The molecule has 3 heterocycles. The first-order valence-corrected chi connectivity index (χ1v) is 10.6. The van der Waals surface area contributed by atoms with Gasteiger partial charge in [0, 0.05) is 45.3 Å². The van der Waals surface area contributed by atoms with Crippen LogP contribution < -0.4 is 15.5 Å². The van der Waals surface area contributed by atoms with Gasteiger partial charge in [-0.2, -0.15) is 15.0 Å². The van der Waals surface area contributed by atoms with Crippen molar-refractivity contribution in [2.75, 3.05) is 50.0 Å². The largest absolute Gasteiger partial charge is 0.352 e. The summed E-state index contributed by atoms with van der Waals surface area (Å²) in [5, 5.41) is 6.11. The van der Waals surface area contributed by atoms with Gasteiger partial charge in [-0.1, -0.05) is 20.8 Å². The Morgan fingerprint density at radius 1 is 1.17 bits per heavy atom. The summed E-state index contributed by atoms with van der Waals surface area (Å²) in [7, 11) is 2.12. The number of aryl methyl sites for hydroxylation is 1. The van der Waals surface area contributed by atoms with Gasteiger partial charge >= 0.3 is 0 Å². The van der Waals surface area contributed by atoms with Gasteiger partial charge in [-0.25, -0.2) is 4.98 Å². The van der Waals surface area contributed by atoms with E-state index in [1.165, 1.54) is 0 Å². The fourth-order valence-electron chi connectivity index (χ4n) is 3.13. The molecular formula is C21H32N8O. The summed E-state index contributed by atoms with van der Waals surface area (Å²) in [5.74, 6) is 2.59. The van der Waals surface area contributed by atoms with E-state index in [4.69, 9.17) is 0 Å². The molecule has 1 aliphatic rings. The van der Waals surface area contributed by atoms with Gasteiger partial charge in [0.1, 0.15) is 11.6 Å². The van der Waals surface area contributed by atoms with Crippen LogP contribution in [0.4, 0.5) is 17.7 Å². The molecule has 0 atom stereocenters. The van der Waals surface area contributed by atoms with E-state index >= 15 is 0 Å². The first-order chi connectivity index (χ1) is 14.5. The lowest BCUT2D eigenvalue weighted by atomic mass is 10.1. The van der Waals surface area contributed by atoms with Crippen LogP contribution in [0.3, 0.4) is 0 Å². The maximum Gasteiger partial charge on any atom is 0.255 e. The number of hydrogen-bond donors (Lipinski definition) is 2. The van der Waals surface area contributed by atoms with Gasteiger partial charge in [0.25, 0.3) is 5.91 Å². The molecule has 2 aromatic rings. The predicted octanol–water partition coefficient (Wildman–Crippen LogP) is 2.10. The van der Waals surface area contributed by atoms with E-state index in [2.05, 4.69) is 61.3 Å². The molecule has 3 rings (SSSR count). The van der Waals surface area contributed by atoms with E-state index in [0.29, 0.717) is 48.0 Å². The van der Waals surface area contributed by atoms with Crippen molar-refractivity contribution in [1.82, 2.24) is 30.2 Å². The van der Waals surface area contributed by atoms with Crippen LogP contribution >= 0.6 is 0 Å². The second-order valence-electron chi connectivity index (χ2n) is 7.98. The molecule has 9 nitrogen and oxygen atoms in total. The molecule has 1 fully saturated rings. The SMILES string of the molecule is CCc1nc(Nc2ncccc2C(=O)NCCC(C)C)nc(N2CCN(C)CC2)n1. The molecule has 0 radical (unpaired) electrons. The molecule has 0 aliphatic carbocycles. The average Bonchev–Trinajstić information content (AvgIpc) is 2.74. The van der Waals surface area contributed by atoms with Crippen molar-refractivity contribution < 1.29 is 4.79 Å². The monoisotopic (exact) mass is 412 g/mol. The molecule has 2 N–H and O–H groups in total. The van der Waals surface area contributed by atoms with Gasteiger partial charge in [-0.05, 0) is 31.5 Å². The zero-order valence-corrected chi connectivity index (χ0v) is 18.4. The summed E-state index contributed by atoms with van der Waals surface area (Å²) < 4.78 is 0. The van der Waals surface area contributed by atoms with Crippen LogP contribution in [0.1, 0.15) is 43.4 Å². The molecule has 1 aliphatic heterocycles. The third-order valence-corrected chi connectivity index (χ3v) is 5.06. The number of nitrogens with zero attached hydrogens (tertiary/aromatic N) is 6. The zero-order chi connectivity index (χ0) is 21.5. The zero-order valence-electron chi connectivity index (χ0n) is 18.4. The van der Waals surface area contributed by atoms with Crippen LogP contribution in [0.5, 0.6) is 0 Å². The number of aromatic nitrogens is 4. The highest BCUT2D eigenvalue weighted by atomic mass is 16.1. The van der Waals surface area contributed by atoms with E-state index in [9.17, 15) is 4.79 Å². The molecule has 162 valence electrons. The quantitative estimate of drug-likeness (QED) is 0.680. The Morgan fingerprint density at radius 3 is 2.63 bits per heavy atom. The van der Waals surface area contributed by atoms with Crippen LogP contribution in [0, 0.1) is 5.92 Å². The van der Waals surface area contributed by atoms with Gasteiger partial charge in [-0.15, -0.1) is 0 Å². The minimum absolute atomic E-state index is 0.157. The first-order valence-electron chi connectivity index (χ1n) is 10.6. The lowest BCUT2D eigenvalue weighted by molar-refractivity contribution is 0.0952. The van der Waals surface area contributed by atoms with Crippen LogP contribution in [0.2, 0.25) is 0 Å². The maximum atomic E-state index is 12.6. The number of nitrogens with one attached hydrogen (secondary N) is 2. The van der Waals surface area contributed by atoms with Crippen molar-refractivity contribution in [2.45, 2.75) is 33.6 Å². The molecule has 9 heteroatoms. The number of amides is 1. The molecule has 0 saturated carbocycles. The number of piperazine rings is 1. The van der Waals surface area contributed by atoms with Crippen LogP contribution in [-0.2, 0) is 6.42 Å². The molecule has 0 bridgehead atoms. The van der Waals surface area contributed by atoms with E-state index in [0.717, 1.165) is 32.6 Å². The highest BCUT2D eigenvalue weighted by Crippen LogP contribution is 2.19. The highest BCUT2D eigenvalue weighted by Gasteiger charge is 2.19. The fourth-order valence-corrected chi connectivity index (χ4v) is 3.13. The van der Waals surface area contributed by atoms with E-state index in [1.54, 1.807) is 18.3 Å². The minimum Gasteiger partial charge on any atom is -0.352 e. The summed E-state index contributed by atoms with van der Waals surface area (Å²) in [6.45, 7) is 10.6. The first kappa shape index (κ1) is 21.9. The Balaban J connectivity index is 1.79. The molecule has 0 spiro atoms. The van der Waals surface area contributed by atoms with E-state index < -0.39 is 0 Å². The second kappa shape index (κ2) is 10.3. The molecular weight excluding hydrogens is 380 g/mol. The molecule has 0 unspecified atom stereocenters. The Hall–Kier alpha value is -2.81. The highest BCUT2D eigenvalue weighted by molar-refractivity contribution is 5.99. The lowest BCUT2D eigenvalue weighted by Gasteiger charge is -2.32. The number of likely N-dealkylation sites (N-methyl/N-ethyl adjacent to an activating group) is 1. The van der Waals surface area contributed by atoms with Crippen molar-refractivity contribution in [3.8, 4) is 0 Å². The Kier molecular flexibility index (Phi) is 7.51. The molecule has 0 aromatic carbocycles. The van der Waals surface area contributed by atoms with Crippen LogP contribution in [-0.4, -0.2) is 70.5 Å². The summed E-state index contributed by atoms with van der Waals surface area (Å²) in [6, 6.07) is 3.51. The van der Waals surface area contributed by atoms with Crippen molar-refractivity contribution in [1.29, 1.82) is 0 Å². The summed E-state index contributed by atoms with van der Waals surface area (Å²) in [5.41, 5.74) is 0.473. The predicted molar refractivity (Wildman–Crippen MR) is 118 cm³/mol. The summed E-state index contributed by atoms with van der Waals surface area (Å²) >= 11 is 0. The number of hydrogen-bond acceptors (Lipinski definition) is 8. The van der Waals surface area contributed by atoms with Gasteiger partial charge < -0.3 is 20.4 Å². The van der Waals surface area contributed by atoms with Crippen molar-refractivity contribution >= 4 is 23.6 Å². The van der Waals surface area contributed by atoms with Gasteiger partial charge in [0.2, 0.25) is 11.9 Å². The average molecular weight is 413 g/mol. The summed E-state index contributed by atoms with van der Waals surface area (Å²) in [6.07, 6.45) is 3.27. The van der Waals surface area contributed by atoms with Gasteiger partial charge in [-0.3, -0.25) is 4.79 Å². The van der Waals surface area contributed by atoms with Gasteiger partial charge in [0.05, 0.1) is 5.56 Å². The van der Waals surface area contributed by atoms with Crippen LogP contribution in [0.25, 0.3) is 0 Å². The third kappa shape index (κ3) is 5.85. The summed E-state index contributed by atoms with van der Waals surface area (Å²) in [4.78, 5) is 35.2. The maximum absolute atomic E-state index is 12.6. The topological polar surface area (TPSA) is 99.2 Å². The van der Waals surface area contributed by atoms with E-state index in [-0.39, 0.29) is 5.91 Å². The molecule has 2 aromatic heterocycles.